The Labute approximate surface area is 122 Å². The average Bonchev–Trinajstić information content (AvgIpc) is 2.42. The molecule has 8 nitrogen and oxygen atoms in total. The smallest absolute Gasteiger partial charge is 0.249 e. The summed E-state index contributed by atoms with van der Waals surface area (Å²) in [6.07, 6.45) is 1.87. The van der Waals surface area contributed by atoms with Crippen molar-refractivity contribution in [2.24, 2.45) is 0 Å². The third-order valence-electron chi connectivity index (χ3n) is 3.08. The summed E-state index contributed by atoms with van der Waals surface area (Å²) < 4.78 is 24.9. The van der Waals surface area contributed by atoms with E-state index in [1.165, 1.54) is 32.4 Å². The van der Waals surface area contributed by atoms with Crippen molar-refractivity contribution in [3.05, 3.63) is 18.3 Å². The number of carbonyl (C=O) groups is 2. The molecule has 0 bridgehead atoms. The molecular weight excluding hydrogens is 296 g/mol. The zero-order valence-electron chi connectivity index (χ0n) is 11.7. The molecule has 1 aromatic rings. The Morgan fingerprint density at radius 3 is 2.57 bits per heavy atom. The van der Waals surface area contributed by atoms with Gasteiger partial charge < -0.3 is 5.32 Å². The van der Waals surface area contributed by atoms with Gasteiger partial charge in [0.05, 0.1) is 0 Å². The molecule has 1 unspecified atom stereocenters. The monoisotopic (exact) mass is 312 g/mol. The van der Waals surface area contributed by atoms with Crippen molar-refractivity contribution in [2.75, 3.05) is 19.4 Å². The van der Waals surface area contributed by atoms with Crippen molar-refractivity contribution >= 4 is 27.7 Å². The summed E-state index contributed by atoms with van der Waals surface area (Å²) in [5, 5.41) is 5.10. The lowest BCUT2D eigenvalue weighted by Crippen LogP contribution is -2.47. The summed E-state index contributed by atoms with van der Waals surface area (Å²) in [4.78, 5) is 26.7. The lowest BCUT2D eigenvalue weighted by atomic mass is 10.1. The molecule has 1 saturated heterocycles. The molecule has 9 heteroatoms. The zero-order valence-corrected chi connectivity index (χ0v) is 12.5. The molecule has 0 aromatic carbocycles. The number of hydrogen-bond acceptors (Lipinski definition) is 6. The number of carbonyl (C=O) groups excluding carboxylic acids is 2. The number of rotatable bonds is 4. The highest BCUT2D eigenvalue weighted by Gasteiger charge is 2.26. The number of amides is 2. The molecule has 1 aliphatic heterocycles. The number of pyridine rings is 1. The van der Waals surface area contributed by atoms with Crippen LogP contribution in [0.15, 0.2) is 23.2 Å². The van der Waals surface area contributed by atoms with E-state index in [9.17, 15) is 18.0 Å². The minimum Gasteiger partial charge on any atom is -0.358 e. The molecule has 0 spiro atoms. The van der Waals surface area contributed by atoms with Gasteiger partial charge in [-0.25, -0.2) is 17.7 Å². The van der Waals surface area contributed by atoms with Gasteiger partial charge in [-0.2, -0.15) is 0 Å². The first-order valence-electron chi connectivity index (χ1n) is 6.29. The number of piperidine rings is 1. The van der Waals surface area contributed by atoms with Gasteiger partial charge in [-0.05, 0) is 18.6 Å². The highest BCUT2D eigenvalue weighted by Crippen LogP contribution is 2.16. The largest absolute Gasteiger partial charge is 0.358 e. The Balaban J connectivity index is 2.10. The Morgan fingerprint density at radius 1 is 1.33 bits per heavy atom. The molecular formula is C12H16N4O4S. The molecule has 0 aliphatic carbocycles. The Kier molecular flexibility index (Phi) is 4.24. The van der Waals surface area contributed by atoms with Crippen molar-refractivity contribution in [3.63, 3.8) is 0 Å². The molecule has 2 N–H and O–H groups in total. The molecule has 21 heavy (non-hydrogen) atoms. The first kappa shape index (κ1) is 15.4. The van der Waals surface area contributed by atoms with Gasteiger partial charge in [0.25, 0.3) is 0 Å². The van der Waals surface area contributed by atoms with Crippen LogP contribution in [0.5, 0.6) is 0 Å². The standard InChI is InChI=1S/C12H16N4O4S/c1-16(2)21(19,20)8-3-5-10(13-7-8)14-9-4-6-11(17)15-12(9)18/h3,5,7,9H,4,6H2,1-2H3,(H,13,14)(H,15,17,18). The van der Waals surface area contributed by atoms with Crippen LogP contribution in [-0.2, 0) is 19.6 Å². The van der Waals surface area contributed by atoms with Crippen LogP contribution in [0.25, 0.3) is 0 Å². The van der Waals surface area contributed by atoms with Gasteiger partial charge in [0.2, 0.25) is 21.8 Å². The quantitative estimate of drug-likeness (QED) is 0.729. The van der Waals surface area contributed by atoms with Gasteiger partial charge in [-0.1, -0.05) is 0 Å². The predicted molar refractivity (Wildman–Crippen MR) is 74.9 cm³/mol. The minimum absolute atomic E-state index is 0.0707. The second-order valence-corrected chi connectivity index (χ2v) is 6.97. The maximum absolute atomic E-state index is 11.9. The molecule has 2 rings (SSSR count). The highest BCUT2D eigenvalue weighted by atomic mass is 32.2. The molecule has 0 saturated carbocycles. The molecule has 2 heterocycles. The van der Waals surface area contributed by atoms with Gasteiger partial charge in [0, 0.05) is 26.7 Å². The molecule has 0 radical (unpaired) electrons. The van der Waals surface area contributed by atoms with Gasteiger partial charge in [-0.3, -0.25) is 14.9 Å². The van der Waals surface area contributed by atoms with E-state index in [2.05, 4.69) is 15.6 Å². The number of anilines is 1. The van der Waals surface area contributed by atoms with Crippen molar-refractivity contribution in [3.8, 4) is 0 Å². The topological polar surface area (TPSA) is 108 Å². The molecule has 1 aliphatic rings. The summed E-state index contributed by atoms with van der Waals surface area (Å²) in [6.45, 7) is 0. The van der Waals surface area contributed by atoms with E-state index in [0.717, 1.165) is 4.31 Å². The Hall–Kier alpha value is -2.00. The molecule has 1 aromatic heterocycles. The summed E-state index contributed by atoms with van der Waals surface area (Å²) in [7, 11) is -0.655. The van der Waals surface area contributed by atoms with E-state index < -0.39 is 22.0 Å². The van der Waals surface area contributed by atoms with Crippen molar-refractivity contribution in [2.45, 2.75) is 23.8 Å². The number of hydrogen-bond donors (Lipinski definition) is 2. The highest BCUT2D eigenvalue weighted by molar-refractivity contribution is 7.89. The predicted octanol–water partition coefficient (Wildman–Crippen LogP) is -0.451. The summed E-state index contributed by atoms with van der Waals surface area (Å²) in [5.41, 5.74) is 0. The lowest BCUT2D eigenvalue weighted by Gasteiger charge is -2.22. The lowest BCUT2D eigenvalue weighted by molar-refractivity contribution is -0.133. The Bertz CT molecular complexity index is 654. The van der Waals surface area contributed by atoms with Gasteiger partial charge >= 0.3 is 0 Å². The third-order valence-corrected chi connectivity index (χ3v) is 4.87. The number of nitrogens with one attached hydrogen (secondary N) is 2. The zero-order chi connectivity index (χ0) is 15.6. The van der Waals surface area contributed by atoms with Crippen LogP contribution < -0.4 is 10.6 Å². The summed E-state index contributed by atoms with van der Waals surface area (Å²) in [6, 6.07) is 2.35. The van der Waals surface area contributed by atoms with Gasteiger partial charge in [0.15, 0.2) is 0 Å². The fourth-order valence-electron chi connectivity index (χ4n) is 1.84. The van der Waals surface area contributed by atoms with Crippen LogP contribution in [0.2, 0.25) is 0 Å². The van der Waals surface area contributed by atoms with Crippen LogP contribution in [0, 0.1) is 0 Å². The SMILES string of the molecule is CN(C)S(=O)(=O)c1ccc(NC2CCC(=O)NC2=O)nc1. The fourth-order valence-corrected chi connectivity index (χ4v) is 2.69. The van der Waals surface area contributed by atoms with Crippen LogP contribution in [-0.4, -0.2) is 49.7 Å². The third kappa shape index (κ3) is 3.37. The maximum atomic E-state index is 11.9. The first-order chi connectivity index (χ1) is 9.80. The van der Waals surface area contributed by atoms with Crippen LogP contribution >= 0.6 is 0 Å². The molecule has 114 valence electrons. The summed E-state index contributed by atoms with van der Waals surface area (Å²) >= 11 is 0. The second kappa shape index (κ2) is 5.78. The number of nitrogens with zero attached hydrogens (tertiary/aromatic N) is 2. The average molecular weight is 312 g/mol. The van der Waals surface area contributed by atoms with E-state index in [-0.39, 0.29) is 17.2 Å². The van der Waals surface area contributed by atoms with E-state index in [0.29, 0.717) is 12.2 Å². The van der Waals surface area contributed by atoms with Crippen LogP contribution in [0.1, 0.15) is 12.8 Å². The van der Waals surface area contributed by atoms with Crippen molar-refractivity contribution < 1.29 is 18.0 Å². The minimum atomic E-state index is -3.53. The van der Waals surface area contributed by atoms with E-state index >= 15 is 0 Å². The molecule has 1 atom stereocenters. The van der Waals surface area contributed by atoms with E-state index in [1.807, 2.05) is 0 Å². The molecule has 1 fully saturated rings. The van der Waals surface area contributed by atoms with Gasteiger partial charge in [-0.15, -0.1) is 0 Å². The second-order valence-electron chi connectivity index (χ2n) is 4.81. The fraction of sp³-hybridized carbons (Fsp3) is 0.417. The number of sulfonamides is 1. The number of imide groups is 1. The van der Waals surface area contributed by atoms with Crippen molar-refractivity contribution in [1.82, 2.24) is 14.6 Å². The molecule has 2 amide bonds. The number of aromatic nitrogens is 1. The van der Waals surface area contributed by atoms with Gasteiger partial charge in [0.1, 0.15) is 16.8 Å². The maximum Gasteiger partial charge on any atom is 0.249 e. The first-order valence-corrected chi connectivity index (χ1v) is 7.73. The van der Waals surface area contributed by atoms with E-state index in [4.69, 9.17) is 0 Å². The van der Waals surface area contributed by atoms with E-state index in [1.54, 1.807) is 0 Å². The summed E-state index contributed by atoms with van der Waals surface area (Å²) in [5.74, 6) is -0.321. The van der Waals surface area contributed by atoms with Crippen LogP contribution in [0.4, 0.5) is 5.82 Å². The Morgan fingerprint density at radius 2 is 2.05 bits per heavy atom. The van der Waals surface area contributed by atoms with Crippen LogP contribution in [0.3, 0.4) is 0 Å². The normalized spacial score (nSPS) is 19.5. The van der Waals surface area contributed by atoms with Crippen molar-refractivity contribution in [1.29, 1.82) is 0 Å².